The Morgan fingerprint density at radius 3 is 2.44 bits per heavy atom. The first kappa shape index (κ1) is 23.0. The van der Waals surface area contributed by atoms with E-state index < -0.39 is 29.7 Å². The molecule has 0 atom stereocenters. The first-order valence-electron chi connectivity index (χ1n) is 8.99. The second-order valence-corrected chi connectivity index (χ2v) is 6.58. The van der Waals surface area contributed by atoms with Crippen molar-refractivity contribution in [3.63, 3.8) is 0 Å². The minimum absolute atomic E-state index is 0.128. The number of aromatic nitrogens is 3. The molecular weight excluding hydrogens is 444 g/mol. The summed E-state index contributed by atoms with van der Waals surface area (Å²) in [7, 11) is 1.59. The quantitative estimate of drug-likeness (QED) is 0.561. The van der Waals surface area contributed by atoms with Gasteiger partial charge in [0.05, 0.1) is 5.56 Å². The molecule has 0 fully saturated rings. The fraction of sp³-hybridized carbons (Fsp3) is 0.263. The zero-order chi connectivity index (χ0) is 23.5. The van der Waals surface area contributed by atoms with E-state index in [0.717, 1.165) is 12.3 Å². The van der Waals surface area contributed by atoms with Crippen LogP contribution in [0.3, 0.4) is 0 Å². The molecule has 2 aromatic heterocycles. The minimum Gasteiger partial charge on any atom is -0.358 e. The number of pyridine rings is 1. The Morgan fingerprint density at radius 2 is 1.84 bits per heavy atom. The first-order chi connectivity index (χ1) is 14.9. The molecule has 0 aliphatic rings. The minimum atomic E-state index is -4.78. The number of rotatable bonds is 6. The summed E-state index contributed by atoms with van der Waals surface area (Å²) in [6.07, 6.45) is -8.55. The molecule has 0 aliphatic heterocycles. The molecule has 0 unspecified atom stereocenters. The monoisotopic (exact) mass is 459 g/mol. The number of nitrogens with one attached hydrogen (secondary N) is 1. The Morgan fingerprint density at radius 1 is 1.09 bits per heavy atom. The Kier molecular flexibility index (Phi) is 6.37. The summed E-state index contributed by atoms with van der Waals surface area (Å²) in [6, 6.07) is 7.75. The maximum absolute atomic E-state index is 12.6. The van der Waals surface area contributed by atoms with Gasteiger partial charge in [-0.2, -0.15) is 31.3 Å². The molecule has 13 heteroatoms. The predicted molar refractivity (Wildman–Crippen MR) is 99.6 cm³/mol. The third kappa shape index (κ3) is 5.53. The van der Waals surface area contributed by atoms with Crippen LogP contribution in [0.5, 0.6) is 0 Å². The van der Waals surface area contributed by atoms with Crippen LogP contribution in [-0.2, 0) is 12.4 Å². The summed E-state index contributed by atoms with van der Waals surface area (Å²) in [5.41, 5.74) is -0.564. The van der Waals surface area contributed by atoms with E-state index in [2.05, 4.69) is 25.0 Å². The SMILES string of the molecule is CN(CCNC(=O)c1cccc(-c2noc(C(F)(F)F)n2)c1)c1ccc(C(F)(F)F)cn1. The summed E-state index contributed by atoms with van der Waals surface area (Å²) in [4.78, 5) is 20.9. The van der Waals surface area contributed by atoms with Gasteiger partial charge in [0.2, 0.25) is 5.82 Å². The van der Waals surface area contributed by atoms with Crippen molar-refractivity contribution in [3.05, 3.63) is 59.6 Å². The predicted octanol–water partition coefficient (Wildman–Crippen LogP) is 4.04. The lowest BCUT2D eigenvalue weighted by atomic mass is 10.1. The Balaban J connectivity index is 1.58. The van der Waals surface area contributed by atoms with E-state index in [1.807, 2.05) is 0 Å². The molecule has 0 saturated heterocycles. The van der Waals surface area contributed by atoms with Crippen molar-refractivity contribution in [1.82, 2.24) is 20.4 Å². The van der Waals surface area contributed by atoms with Gasteiger partial charge in [0.15, 0.2) is 0 Å². The lowest BCUT2D eigenvalue weighted by Crippen LogP contribution is -2.33. The number of alkyl halides is 6. The number of carbonyl (C=O) groups excluding carboxylic acids is 1. The number of benzene rings is 1. The summed E-state index contributed by atoms with van der Waals surface area (Å²) in [5, 5.41) is 5.88. The van der Waals surface area contributed by atoms with Gasteiger partial charge in [-0.3, -0.25) is 4.79 Å². The number of amides is 1. The van der Waals surface area contributed by atoms with Gasteiger partial charge in [-0.1, -0.05) is 17.3 Å². The number of hydrogen-bond donors (Lipinski definition) is 1. The average molecular weight is 459 g/mol. The van der Waals surface area contributed by atoms with E-state index in [1.165, 1.54) is 30.3 Å². The van der Waals surface area contributed by atoms with Gasteiger partial charge in [-0.05, 0) is 24.3 Å². The molecule has 0 spiro atoms. The van der Waals surface area contributed by atoms with Gasteiger partial charge < -0.3 is 14.7 Å². The second kappa shape index (κ2) is 8.85. The lowest BCUT2D eigenvalue weighted by Gasteiger charge is -2.19. The van der Waals surface area contributed by atoms with Crippen molar-refractivity contribution in [2.24, 2.45) is 0 Å². The standard InChI is InChI=1S/C19H15F6N5O2/c1-30(14-6-5-13(10-27-14)18(20,21)22)8-7-26-16(31)12-4-2-3-11(9-12)15-28-17(32-29-15)19(23,24)25/h2-6,9-10H,7-8H2,1H3,(H,26,31). The molecule has 1 aromatic carbocycles. The van der Waals surface area contributed by atoms with E-state index >= 15 is 0 Å². The molecule has 1 N–H and O–H groups in total. The first-order valence-corrected chi connectivity index (χ1v) is 8.99. The maximum atomic E-state index is 12.6. The molecule has 2 heterocycles. The van der Waals surface area contributed by atoms with Crippen LogP contribution in [-0.4, -0.2) is 41.2 Å². The molecule has 0 saturated carbocycles. The number of anilines is 1. The van der Waals surface area contributed by atoms with E-state index in [1.54, 1.807) is 11.9 Å². The highest BCUT2D eigenvalue weighted by Gasteiger charge is 2.38. The van der Waals surface area contributed by atoms with Crippen LogP contribution < -0.4 is 10.2 Å². The molecule has 0 bridgehead atoms. The third-order valence-corrected chi connectivity index (χ3v) is 4.25. The largest absolute Gasteiger partial charge is 0.471 e. The van der Waals surface area contributed by atoms with Crippen LogP contribution in [0.25, 0.3) is 11.4 Å². The van der Waals surface area contributed by atoms with Crippen LogP contribution in [0.2, 0.25) is 0 Å². The number of carbonyl (C=O) groups is 1. The van der Waals surface area contributed by atoms with Crippen LogP contribution in [0.1, 0.15) is 21.8 Å². The normalized spacial score (nSPS) is 12.0. The average Bonchev–Trinajstić information content (AvgIpc) is 3.24. The number of halogens is 6. The highest BCUT2D eigenvalue weighted by molar-refractivity contribution is 5.95. The number of likely N-dealkylation sites (N-methyl/N-ethyl adjacent to an activating group) is 1. The molecule has 32 heavy (non-hydrogen) atoms. The van der Waals surface area contributed by atoms with E-state index in [4.69, 9.17) is 0 Å². The van der Waals surface area contributed by atoms with Crippen molar-refractivity contribution < 1.29 is 35.7 Å². The van der Waals surface area contributed by atoms with Crippen LogP contribution in [0.4, 0.5) is 32.2 Å². The molecule has 170 valence electrons. The topological polar surface area (TPSA) is 84.2 Å². The number of hydrogen-bond acceptors (Lipinski definition) is 6. The molecule has 7 nitrogen and oxygen atoms in total. The summed E-state index contributed by atoms with van der Waals surface area (Å²) < 4.78 is 79.8. The molecule has 3 rings (SSSR count). The maximum Gasteiger partial charge on any atom is 0.471 e. The highest BCUT2D eigenvalue weighted by atomic mass is 19.4. The third-order valence-electron chi connectivity index (χ3n) is 4.25. The van der Waals surface area contributed by atoms with E-state index in [-0.39, 0.29) is 35.9 Å². The number of nitrogens with zero attached hydrogens (tertiary/aromatic N) is 4. The van der Waals surface area contributed by atoms with Crippen LogP contribution in [0.15, 0.2) is 47.1 Å². The Hall–Kier alpha value is -3.64. The summed E-state index contributed by atoms with van der Waals surface area (Å²) in [6.45, 7) is 0.367. The van der Waals surface area contributed by atoms with Crippen molar-refractivity contribution in [3.8, 4) is 11.4 Å². The van der Waals surface area contributed by atoms with Crippen molar-refractivity contribution in [2.45, 2.75) is 12.4 Å². The van der Waals surface area contributed by atoms with E-state index in [0.29, 0.717) is 0 Å². The summed E-state index contributed by atoms with van der Waals surface area (Å²) >= 11 is 0. The Bertz CT molecular complexity index is 1080. The molecule has 3 aromatic rings. The highest BCUT2D eigenvalue weighted by Crippen LogP contribution is 2.30. The molecule has 1 amide bonds. The van der Waals surface area contributed by atoms with Crippen LogP contribution in [0, 0.1) is 0 Å². The van der Waals surface area contributed by atoms with Crippen molar-refractivity contribution in [1.29, 1.82) is 0 Å². The van der Waals surface area contributed by atoms with Gasteiger partial charge >= 0.3 is 18.2 Å². The van der Waals surface area contributed by atoms with Gasteiger partial charge in [0.25, 0.3) is 5.91 Å². The van der Waals surface area contributed by atoms with Gasteiger partial charge in [0.1, 0.15) is 5.82 Å². The van der Waals surface area contributed by atoms with Gasteiger partial charge in [0, 0.05) is 37.5 Å². The molecule has 0 aliphatic carbocycles. The zero-order valence-electron chi connectivity index (χ0n) is 16.3. The summed E-state index contributed by atoms with van der Waals surface area (Å²) in [5.74, 6) is -2.05. The van der Waals surface area contributed by atoms with Crippen molar-refractivity contribution in [2.75, 3.05) is 25.0 Å². The van der Waals surface area contributed by atoms with Crippen molar-refractivity contribution >= 4 is 11.7 Å². The zero-order valence-corrected chi connectivity index (χ0v) is 16.3. The Labute approximate surface area is 177 Å². The fourth-order valence-corrected chi connectivity index (χ4v) is 2.59. The van der Waals surface area contributed by atoms with Crippen LogP contribution >= 0.6 is 0 Å². The molecule has 0 radical (unpaired) electrons. The van der Waals surface area contributed by atoms with Gasteiger partial charge in [-0.25, -0.2) is 4.98 Å². The smallest absolute Gasteiger partial charge is 0.358 e. The molecular formula is C19H15F6N5O2. The fourth-order valence-electron chi connectivity index (χ4n) is 2.59. The second-order valence-electron chi connectivity index (χ2n) is 6.58. The van der Waals surface area contributed by atoms with Gasteiger partial charge in [-0.15, -0.1) is 0 Å². The van der Waals surface area contributed by atoms with E-state index in [9.17, 15) is 31.1 Å². The lowest BCUT2D eigenvalue weighted by molar-refractivity contribution is -0.159.